The smallest absolute Gasteiger partial charge is 0.269 e. The van der Waals surface area contributed by atoms with Gasteiger partial charge in [-0.25, -0.2) is 0 Å². The molecule has 75 heavy (non-hydrogen) atoms. The molecule has 0 radical (unpaired) electrons. The first-order valence-electron chi connectivity index (χ1n) is 23.3. The van der Waals surface area contributed by atoms with E-state index in [1.54, 1.807) is 48.5 Å². The van der Waals surface area contributed by atoms with Crippen LogP contribution in [0.4, 0.5) is 34.6 Å². The molecule has 4 saturated heterocycles. The van der Waals surface area contributed by atoms with Gasteiger partial charge in [0.1, 0.15) is 24.4 Å². The molecule has 4 aliphatic heterocycles. The molecule has 12 atom stereocenters. The highest BCUT2D eigenvalue weighted by Crippen LogP contribution is 2.40. The molecule has 0 saturated carbocycles. The van der Waals surface area contributed by atoms with Gasteiger partial charge in [0.15, 0.2) is 0 Å². The number of hydrogen-bond acceptors (Lipinski definition) is 23. The van der Waals surface area contributed by atoms with Crippen LogP contribution in [0.15, 0.2) is 97.1 Å². The van der Waals surface area contributed by atoms with Crippen molar-refractivity contribution in [1.29, 1.82) is 0 Å². The number of likely N-dealkylation sites (N-methyl/N-ethyl adjacent to an activating group) is 2. The lowest BCUT2D eigenvalue weighted by atomic mass is 10.00. The van der Waals surface area contributed by atoms with Gasteiger partial charge < -0.3 is 58.3 Å². The van der Waals surface area contributed by atoms with E-state index in [-0.39, 0.29) is 78.4 Å². The second-order valence-corrected chi connectivity index (χ2v) is 18.6. The van der Waals surface area contributed by atoms with Crippen molar-refractivity contribution in [1.82, 2.24) is 24.8 Å². The van der Waals surface area contributed by atoms with E-state index in [1.165, 1.54) is 48.5 Å². The summed E-state index contributed by atoms with van der Waals surface area (Å²) in [5.74, 6) is -0.0622. The van der Waals surface area contributed by atoms with Gasteiger partial charge in [-0.1, -0.05) is 0 Å². The van der Waals surface area contributed by atoms with Crippen LogP contribution in [0.1, 0.15) is 46.7 Å². The summed E-state index contributed by atoms with van der Waals surface area (Å²) in [4.78, 5) is 61.2. The number of nitrogens with zero attached hydrogens (tertiary/aromatic N) is 9. The van der Waals surface area contributed by atoms with Crippen molar-refractivity contribution in [2.75, 3.05) is 65.3 Å². The van der Waals surface area contributed by atoms with Crippen molar-refractivity contribution in [3.63, 3.8) is 0 Å². The first-order chi connectivity index (χ1) is 36.0. The Hall–Kier alpha value is -7.02. The predicted molar refractivity (Wildman–Crippen MR) is 261 cm³/mol. The van der Waals surface area contributed by atoms with Crippen LogP contribution in [0.25, 0.3) is 0 Å². The number of ether oxygens (including phenoxy) is 8. The van der Waals surface area contributed by atoms with Gasteiger partial charge >= 0.3 is 0 Å². The molecule has 0 bridgehead atoms. The Morgan fingerprint density at radius 1 is 0.440 bits per heavy atom. The largest absolute Gasteiger partial charge is 0.346 e. The maximum Gasteiger partial charge on any atom is 0.269 e. The molecule has 2 N–H and O–H groups in total. The Morgan fingerprint density at radius 3 is 0.987 bits per heavy atom. The number of aromatic nitrogens is 3. The van der Waals surface area contributed by atoms with E-state index in [2.05, 4.69) is 25.6 Å². The minimum absolute atomic E-state index is 0.0311. The SMILES string of the molecule is CN(C)[C@H]1CO[C@@H]([C@@H]2OC[C@H](Nc3nc(Cl)nc(N[C@H]4CO[C@@H]([C@@H]5OC[C@H](N(C)C)[C@H](c6ccc([N+](=O)[O-])cc6)O5)O[C@H]4c4ccc([N+](=O)[O-])cc4)n3)[C@H](c3ccc([N+](=O)[O-])cc3)O2)O[C@H]1c1ccc([N+](=O)[O-])cc1. The highest BCUT2D eigenvalue weighted by molar-refractivity contribution is 6.28. The van der Waals surface area contributed by atoms with Gasteiger partial charge in [0, 0.05) is 48.5 Å². The third-order valence-corrected chi connectivity index (χ3v) is 13.2. The number of non-ortho nitro benzene ring substituents is 4. The summed E-state index contributed by atoms with van der Waals surface area (Å²) in [7, 11) is 7.42. The predicted octanol–water partition coefficient (Wildman–Crippen LogP) is 6.04. The molecule has 4 aromatic carbocycles. The molecule has 0 amide bonds. The Labute approximate surface area is 431 Å². The normalized spacial score (nSPS) is 28.1. The summed E-state index contributed by atoms with van der Waals surface area (Å²) in [6, 6.07) is 21.5. The zero-order chi connectivity index (χ0) is 53.1. The molecule has 1 aromatic heterocycles. The molecule has 4 fully saturated rings. The Morgan fingerprint density at radius 2 is 0.707 bits per heavy atom. The lowest BCUT2D eigenvalue weighted by Gasteiger charge is -2.45. The quantitative estimate of drug-likeness (QED) is 0.0840. The zero-order valence-corrected chi connectivity index (χ0v) is 41.2. The summed E-state index contributed by atoms with van der Waals surface area (Å²) in [6.45, 7) is 0.220. The van der Waals surface area contributed by atoms with Crippen molar-refractivity contribution >= 4 is 46.2 Å². The highest BCUT2D eigenvalue weighted by Gasteiger charge is 2.46. The van der Waals surface area contributed by atoms with Crippen LogP contribution in [0.5, 0.6) is 0 Å². The minimum atomic E-state index is -1.13. The summed E-state index contributed by atoms with van der Waals surface area (Å²) in [5.41, 5.74) is 1.89. The van der Waals surface area contributed by atoms with Crippen LogP contribution >= 0.6 is 11.6 Å². The fraction of sp³-hybridized carbons (Fsp3) is 0.426. The van der Waals surface area contributed by atoms with Crippen LogP contribution < -0.4 is 10.6 Å². The number of halogens is 1. The second kappa shape index (κ2) is 22.8. The fourth-order valence-corrected chi connectivity index (χ4v) is 9.22. The molecule has 9 rings (SSSR count). The molecular weight excluding hydrogens is 1010 g/mol. The number of nitro benzene ring substituents is 4. The number of anilines is 2. The standard InChI is InChI=1S/C47H50ClN11O16/c1-54(2)35-23-70-43(74-39(35)27-9-17-31(18-10-27)58(64)65)41-68-21-33(37(72-41)25-5-13-29(14-6-25)56(60)61)49-46-51-45(48)52-47(53-46)50-34-22-69-42(73-38(34)26-7-15-30(16-8-26)57(62)63)44-71-24-36(55(3)4)40(75-44)28-11-19-32(20-12-28)59(66)67/h5-20,33-44H,21-24H2,1-4H3,(H2,49,50,51,52,53)/t33-,34-,35-,36-,37-,38-,39-,40-,41+,42+,43+,44+/m0/s1. The van der Waals surface area contributed by atoms with Gasteiger partial charge in [0.25, 0.3) is 22.7 Å². The molecule has 0 unspecified atom stereocenters. The highest BCUT2D eigenvalue weighted by atomic mass is 35.5. The van der Waals surface area contributed by atoms with E-state index in [0.29, 0.717) is 22.3 Å². The van der Waals surface area contributed by atoms with E-state index in [1.807, 2.05) is 38.0 Å². The maximum absolute atomic E-state index is 11.6. The van der Waals surface area contributed by atoms with Gasteiger partial charge in [-0.3, -0.25) is 40.5 Å². The van der Waals surface area contributed by atoms with E-state index in [4.69, 9.17) is 49.5 Å². The molecule has 28 heteroatoms. The lowest BCUT2D eigenvalue weighted by Crippen LogP contribution is -2.54. The van der Waals surface area contributed by atoms with Crippen molar-refractivity contribution in [2.45, 2.75) is 73.7 Å². The van der Waals surface area contributed by atoms with Gasteiger partial charge in [-0.2, -0.15) is 15.0 Å². The minimum Gasteiger partial charge on any atom is -0.346 e. The van der Waals surface area contributed by atoms with Crippen LogP contribution in [0.2, 0.25) is 5.28 Å². The molecule has 5 aromatic rings. The number of hydrogen-bond donors (Lipinski definition) is 2. The van der Waals surface area contributed by atoms with E-state index >= 15 is 0 Å². The fourth-order valence-electron chi connectivity index (χ4n) is 9.06. The monoisotopic (exact) mass is 1060 g/mol. The van der Waals surface area contributed by atoms with Crippen LogP contribution in [-0.2, 0) is 37.9 Å². The van der Waals surface area contributed by atoms with Gasteiger partial charge in [-0.05, 0) is 111 Å². The lowest BCUT2D eigenvalue weighted by molar-refractivity contribution is -0.385. The zero-order valence-electron chi connectivity index (χ0n) is 40.4. The third kappa shape index (κ3) is 12.1. The average molecular weight is 1060 g/mol. The van der Waals surface area contributed by atoms with Crippen LogP contribution in [0, 0.1) is 40.5 Å². The molecule has 5 heterocycles. The van der Waals surface area contributed by atoms with Gasteiger partial charge in [0.2, 0.25) is 42.3 Å². The van der Waals surface area contributed by atoms with Crippen LogP contribution in [-0.4, -0.2) is 148 Å². The topological polar surface area (TPSA) is 316 Å². The summed E-state index contributed by atoms with van der Waals surface area (Å²) < 4.78 is 50.9. The average Bonchev–Trinajstić information content (AvgIpc) is 3.40. The molecule has 0 spiro atoms. The molecular formula is C47H50ClN11O16. The third-order valence-electron chi connectivity index (χ3n) is 13.0. The first-order valence-corrected chi connectivity index (χ1v) is 23.7. The van der Waals surface area contributed by atoms with Crippen molar-refractivity contribution in [3.8, 4) is 0 Å². The summed E-state index contributed by atoms with van der Waals surface area (Å²) in [5, 5.41) is 52.3. The van der Waals surface area contributed by atoms with Crippen LogP contribution in [0.3, 0.4) is 0 Å². The van der Waals surface area contributed by atoms with E-state index in [9.17, 15) is 40.5 Å². The molecule has 4 aliphatic rings. The Balaban J connectivity index is 0.942. The Bertz CT molecular complexity index is 2650. The number of benzene rings is 4. The Kier molecular flexibility index (Phi) is 16.1. The molecule has 27 nitrogen and oxygen atoms in total. The number of rotatable bonds is 16. The summed E-state index contributed by atoms with van der Waals surface area (Å²) in [6.07, 6.45) is -7.46. The second-order valence-electron chi connectivity index (χ2n) is 18.2. The molecule has 0 aliphatic carbocycles. The van der Waals surface area contributed by atoms with Crippen molar-refractivity contribution in [3.05, 3.63) is 165 Å². The molecule has 396 valence electrons. The van der Waals surface area contributed by atoms with Gasteiger partial charge in [0.05, 0.1) is 70.3 Å². The van der Waals surface area contributed by atoms with E-state index in [0.717, 1.165) is 0 Å². The van der Waals surface area contributed by atoms with E-state index < -0.39 is 81.4 Å². The van der Waals surface area contributed by atoms with Gasteiger partial charge in [-0.15, -0.1) is 0 Å². The summed E-state index contributed by atoms with van der Waals surface area (Å²) >= 11 is 6.55. The van der Waals surface area contributed by atoms with Crippen molar-refractivity contribution < 1.29 is 57.6 Å². The maximum atomic E-state index is 11.6. The van der Waals surface area contributed by atoms with Crippen molar-refractivity contribution in [2.24, 2.45) is 0 Å². The number of nitrogens with one attached hydrogen (secondary N) is 2. The number of nitro groups is 4. The first kappa shape index (κ1) is 52.8.